The molecule has 19 heavy (non-hydrogen) atoms. The summed E-state index contributed by atoms with van der Waals surface area (Å²) in [7, 11) is 0. The van der Waals surface area contributed by atoms with Gasteiger partial charge in [-0.05, 0) is 18.6 Å². The van der Waals surface area contributed by atoms with Crippen molar-refractivity contribution in [2.75, 3.05) is 0 Å². The molecule has 0 fully saturated rings. The summed E-state index contributed by atoms with van der Waals surface area (Å²) in [6.45, 7) is 3.62. The highest BCUT2D eigenvalue weighted by Crippen LogP contribution is 2.30. The van der Waals surface area contributed by atoms with E-state index in [0.29, 0.717) is 18.5 Å². The lowest BCUT2D eigenvalue weighted by Gasteiger charge is -2.22. The Bertz CT molecular complexity index is 489. The van der Waals surface area contributed by atoms with Crippen molar-refractivity contribution in [2.24, 2.45) is 5.92 Å². The van der Waals surface area contributed by atoms with E-state index in [1.165, 1.54) is 0 Å². The molecule has 0 radical (unpaired) electrons. The number of carbonyl (C=O) groups is 2. The lowest BCUT2D eigenvalue weighted by molar-refractivity contribution is -0.125. The maximum Gasteiger partial charge on any atom is 0.240 e. The summed E-state index contributed by atoms with van der Waals surface area (Å²) >= 11 is 0. The van der Waals surface area contributed by atoms with Crippen molar-refractivity contribution in [2.45, 2.75) is 32.6 Å². The molecule has 0 aliphatic heterocycles. The minimum Gasteiger partial charge on any atom is -0.469 e. The molecule has 0 aromatic carbocycles. The lowest BCUT2D eigenvalue weighted by atomic mass is 9.89. The number of hydrogen-bond acceptors (Lipinski definition) is 4. The molecule has 102 valence electrons. The fraction of sp³-hybridized carbons (Fsp3) is 0.429. The molecule has 1 amide bonds. The predicted molar refractivity (Wildman–Crippen MR) is 69.9 cm³/mol. The number of furan rings is 1. The van der Waals surface area contributed by atoms with Crippen molar-refractivity contribution < 1.29 is 14.0 Å². The van der Waals surface area contributed by atoms with E-state index in [9.17, 15) is 9.59 Å². The maximum absolute atomic E-state index is 11.7. The topological polar surface area (TPSA) is 71.3 Å². The van der Waals surface area contributed by atoms with Gasteiger partial charge in [0.1, 0.15) is 5.76 Å². The van der Waals surface area contributed by atoms with E-state index in [-0.39, 0.29) is 23.5 Å². The van der Waals surface area contributed by atoms with Gasteiger partial charge >= 0.3 is 0 Å². The molecular formula is C14H18N2O3. The Kier molecular flexibility index (Phi) is 4.04. The summed E-state index contributed by atoms with van der Waals surface area (Å²) in [5.74, 6) is 0.664. The van der Waals surface area contributed by atoms with Crippen molar-refractivity contribution in [1.82, 2.24) is 10.9 Å². The third kappa shape index (κ3) is 3.47. The first-order valence-electron chi connectivity index (χ1n) is 6.39. The third-order valence-corrected chi connectivity index (χ3v) is 3.07. The van der Waals surface area contributed by atoms with Gasteiger partial charge in [-0.25, -0.2) is 0 Å². The normalized spacial score (nSPS) is 19.2. The Labute approximate surface area is 112 Å². The van der Waals surface area contributed by atoms with Crippen LogP contribution in [0.3, 0.4) is 0 Å². The van der Waals surface area contributed by atoms with Crippen LogP contribution in [-0.4, -0.2) is 11.7 Å². The molecular weight excluding hydrogens is 244 g/mol. The summed E-state index contributed by atoms with van der Waals surface area (Å²) in [4.78, 5) is 23.2. The monoisotopic (exact) mass is 262 g/mol. The van der Waals surface area contributed by atoms with Gasteiger partial charge in [-0.1, -0.05) is 13.8 Å². The zero-order valence-electron chi connectivity index (χ0n) is 11.1. The van der Waals surface area contributed by atoms with Gasteiger partial charge in [0.2, 0.25) is 5.91 Å². The Morgan fingerprint density at radius 1 is 1.42 bits per heavy atom. The number of hydrogen-bond donors (Lipinski definition) is 2. The van der Waals surface area contributed by atoms with Crippen molar-refractivity contribution >= 4 is 11.7 Å². The summed E-state index contributed by atoms with van der Waals surface area (Å²) < 4.78 is 5.34. The molecule has 0 bridgehead atoms. The minimum absolute atomic E-state index is 0.0333. The molecule has 0 saturated carbocycles. The molecule has 5 heteroatoms. The zero-order chi connectivity index (χ0) is 13.8. The van der Waals surface area contributed by atoms with Gasteiger partial charge in [0.25, 0.3) is 0 Å². The second-order valence-electron chi connectivity index (χ2n) is 5.03. The standard InChI is InChI=1S/C14H18N2O3/c1-9(2)14(18)16-15-11-6-10(7-12(17)8-11)13-4-3-5-19-13/h3-5,8-10,15H,6-7H2,1-2H3,(H,16,18)/t10-/m0/s1. The third-order valence-electron chi connectivity index (χ3n) is 3.07. The van der Waals surface area contributed by atoms with Gasteiger partial charge < -0.3 is 9.84 Å². The smallest absolute Gasteiger partial charge is 0.240 e. The molecule has 1 aliphatic carbocycles. The predicted octanol–water partition coefficient (Wildman–Crippen LogP) is 1.89. The molecule has 1 heterocycles. The fourth-order valence-corrected chi connectivity index (χ4v) is 1.99. The Balaban J connectivity index is 1.97. The maximum atomic E-state index is 11.7. The first-order valence-corrected chi connectivity index (χ1v) is 6.39. The summed E-state index contributed by atoms with van der Waals surface area (Å²) in [5.41, 5.74) is 6.14. The minimum atomic E-state index is -0.103. The number of amides is 1. The van der Waals surface area contributed by atoms with Gasteiger partial charge in [-0.3, -0.25) is 15.0 Å². The van der Waals surface area contributed by atoms with Crippen LogP contribution in [0, 0.1) is 5.92 Å². The van der Waals surface area contributed by atoms with E-state index in [2.05, 4.69) is 10.9 Å². The van der Waals surface area contributed by atoms with Crippen LogP contribution in [0.4, 0.5) is 0 Å². The highest BCUT2D eigenvalue weighted by atomic mass is 16.3. The van der Waals surface area contributed by atoms with Crippen LogP contribution in [0.2, 0.25) is 0 Å². The average Bonchev–Trinajstić information content (AvgIpc) is 2.89. The number of ketones is 1. The van der Waals surface area contributed by atoms with Crippen LogP contribution >= 0.6 is 0 Å². The van der Waals surface area contributed by atoms with E-state index in [4.69, 9.17) is 4.42 Å². The molecule has 0 saturated heterocycles. The SMILES string of the molecule is CC(C)C(=O)NNC1=CC(=O)C[C@@H](c2ccco2)C1. The molecule has 0 unspecified atom stereocenters. The van der Waals surface area contributed by atoms with Gasteiger partial charge in [0, 0.05) is 30.0 Å². The van der Waals surface area contributed by atoms with E-state index < -0.39 is 0 Å². The van der Waals surface area contributed by atoms with Crippen LogP contribution in [0.1, 0.15) is 38.4 Å². The Hall–Kier alpha value is -2.04. The van der Waals surface area contributed by atoms with E-state index in [0.717, 1.165) is 5.76 Å². The number of allylic oxidation sites excluding steroid dienone is 2. The molecule has 5 nitrogen and oxygen atoms in total. The van der Waals surface area contributed by atoms with E-state index >= 15 is 0 Å². The van der Waals surface area contributed by atoms with Crippen molar-refractivity contribution in [3.8, 4) is 0 Å². The fourth-order valence-electron chi connectivity index (χ4n) is 1.99. The largest absolute Gasteiger partial charge is 0.469 e. The van der Waals surface area contributed by atoms with Crippen molar-refractivity contribution in [3.05, 3.63) is 35.9 Å². The van der Waals surface area contributed by atoms with E-state index in [1.54, 1.807) is 12.3 Å². The molecule has 1 aliphatic rings. The van der Waals surface area contributed by atoms with Crippen LogP contribution in [0.5, 0.6) is 0 Å². The molecule has 2 N–H and O–H groups in total. The average molecular weight is 262 g/mol. The second kappa shape index (κ2) is 5.73. The number of carbonyl (C=O) groups excluding carboxylic acids is 2. The van der Waals surface area contributed by atoms with Crippen LogP contribution < -0.4 is 10.9 Å². The molecule has 0 spiro atoms. The lowest BCUT2D eigenvalue weighted by Crippen LogP contribution is -2.40. The number of rotatable bonds is 4. The summed E-state index contributed by atoms with van der Waals surface area (Å²) in [5, 5.41) is 0. The Morgan fingerprint density at radius 2 is 2.21 bits per heavy atom. The quantitative estimate of drug-likeness (QED) is 0.813. The molecule has 1 aromatic heterocycles. The molecule has 2 rings (SSSR count). The molecule has 1 atom stereocenters. The highest BCUT2D eigenvalue weighted by molar-refractivity contribution is 5.92. The van der Waals surface area contributed by atoms with Gasteiger partial charge in [0.05, 0.1) is 6.26 Å². The van der Waals surface area contributed by atoms with Gasteiger partial charge in [0.15, 0.2) is 5.78 Å². The van der Waals surface area contributed by atoms with Crippen LogP contribution in [0.15, 0.2) is 34.6 Å². The van der Waals surface area contributed by atoms with Crippen molar-refractivity contribution in [1.29, 1.82) is 0 Å². The van der Waals surface area contributed by atoms with Crippen LogP contribution in [-0.2, 0) is 9.59 Å². The molecule has 1 aromatic rings. The van der Waals surface area contributed by atoms with E-state index in [1.807, 2.05) is 26.0 Å². The number of nitrogens with one attached hydrogen (secondary N) is 2. The first kappa shape index (κ1) is 13.4. The van der Waals surface area contributed by atoms with Gasteiger partial charge in [-0.15, -0.1) is 0 Å². The first-order chi connectivity index (χ1) is 9.06. The summed E-state index contributed by atoms with van der Waals surface area (Å²) in [6.07, 6.45) is 4.24. The highest BCUT2D eigenvalue weighted by Gasteiger charge is 2.24. The van der Waals surface area contributed by atoms with Crippen LogP contribution in [0.25, 0.3) is 0 Å². The summed E-state index contributed by atoms with van der Waals surface area (Å²) in [6, 6.07) is 3.68. The van der Waals surface area contributed by atoms with Gasteiger partial charge in [-0.2, -0.15) is 0 Å². The van der Waals surface area contributed by atoms with Crippen molar-refractivity contribution in [3.63, 3.8) is 0 Å². The second-order valence-corrected chi connectivity index (χ2v) is 5.03. The number of hydrazine groups is 1. The Morgan fingerprint density at radius 3 is 2.84 bits per heavy atom. The zero-order valence-corrected chi connectivity index (χ0v) is 11.1.